The number of carbonyl (C=O) groups is 3. The minimum Gasteiger partial charge on any atom is -0.493 e. The van der Waals surface area contributed by atoms with Crippen LogP contribution in [0, 0.1) is 6.92 Å². The lowest BCUT2D eigenvalue weighted by Crippen LogP contribution is -2.40. The maximum Gasteiger partial charge on any atom is 0.426 e. The molecule has 0 N–H and O–H groups in total. The number of methoxy groups -OCH3 is 2. The van der Waals surface area contributed by atoms with Crippen molar-refractivity contribution in [3.63, 3.8) is 0 Å². The maximum atomic E-state index is 13.7. The number of carbonyl (C=O) groups excluding carboxylic acids is 3. The van der Waals surface area contributed by atoms with Crippen molar-refractivity contribution in [2.45, 2.75) is 79.8 Å². The van der Waals surface area contributed by atoms with Crippen LogP contribution in [0.25, 0.3) is 0 Å². The average Bonchev–Trinajstić information content (AvgIpc) is 3.77. The highest BCUT2D eigenvalue weighted by Gasteiger charge is 2.39. The van der Waals surface area contributed by atoms with Crippen molar-refractivity contribution in [2.24, 2.45) is 4.99 Å². The highest BCUT2D eigenvalue weighted by molar-refractivity contribution is 7.75. The van der Waals surface area contributed by atoms with Gasteiger partial charge in [-0.05, 0) is 62.5 Å². The van der Waals surface area contributed by atoms with E-state index in [4.69, 9.17) is 28.1 Å². The molecule has 13 heteroatoms. The molecule has 54 heavy (non-hydrogen) atoms. The second-order valence-corrected chi connectivity index (χ2v) is 12.1. The summed E-state index contributed by atoms with van der Waals surface area (Å²) in [4.78, 5) is 47.5. The van der Waals surface area contributed by atoms with Crippen LogP contribution < -0.4 is 23.8 Å². The Morgan fingerprint density at radius 2 is 1.50 bits per heavy atom. The summed E-state index contributed by atoms with van der Waals surface area (Å²) in [6.45, 7) is 14.5. The second-order valence-electron chi connectivity index (χ2n) is 11.9. The number of amides is 3. The molecular formula is C41H54N4O8S. The van der Waals surface area contributed by atoms with Crippen molar-refractivity contribution < 1.29 is 37.5 Å². The number of nitrogens with zero attached hydrogens (tertiary/aromatic N) is 4. The van der Waals surface area contributed by atoms with Gasteiger partial charge in [-0.15, -0.1) is 0 Å². The van der Waals surface area contributed by atoms with Crippen LogP contribution in [0.2, 0.25) is 0 Å². The molecule has 2 aromatic rings. The third-order valence-corrected chi connectivity index (χ3v) is 8.75. The van der Waals surface area contributed by atoms with E-state index >= 15 is 0 Å². The van der Waals surface area contributed by atoms with Crippen LogP contribution in [-0.4, -0.2) is 80.5 Å². The number of thiol groups is 1. The fourth-order valence-electron chi connectivity index (χ4n) is 6.20. The number of fused-ring (bicyclic) bond motifs is 2. The van der Waals surface area contributed by atoms with Crippen LogP contribution in [-0.2, 0) is 8.98 Å². The highest BCUT2D eigenvalue weighted by Crippen LogP contribution is 2.41. The molecule has 0 aromatic heterocycles. The van der Waals surface area contributed by atoms with Crippen LogP contribution in [0.15, 0.2) is 77.1 Å². The van der Waals surface area contributed by atoms with Gasteiger partial charge < -0.3 is 32.9 Å². The Morgan fingerprint density at radius 1 is 0.889 bits per heavy atom. The first-order valence-electron chi connectivity index (χ1n) is 18.3. The van der Waals surface area contributed by atoms with Crippen molar-refractivity contribution in [3.05, 3.63) is 83.2 Å². The molecule has 3 amide bonds. The van der Waals surface area contributed by atoms with E-state index in [0.717, 1.165) is 23.1 Å². The van der Waals surface area contributed by atoms with Gasteiger partial charge in [0.15, 0.2) is 23.0 Å². The van der Waals surface area contributed by atoms with E-state index in [0.29, 0.717) is 60.2 Å². The standard InChI is InChI=1S/C37H42N4O8S.2C2H6/c1-6-9-25-14-27(39(20-25)23-42)19-38-30-17-34(32(45-4)13-24(30)3)47-11-8-12-48-35-18-31-29(16-33(35)46-5)36(43)40-21-26(10-7-2)15-28(40)22-41(31)37(44)49-50;2*1-2/h6-7,9-10,13,16-21,23,27-28,50H,8,11-12,14-15,22H2,1-5H3;2*1-2H3/b9-6+,10-7+,38-19?;;. The van der Waals surface area contributed by atoms with E-state index in [9.17, 15) is 14.4 Å². The first-order valence-corrected chi connectivity index (χ1v) is 18.7. The summed E-state index contributed by atoms with van der Waals surface area (Å²) in [5.74, 6) is 1.53. The molecule has 3 heterocycles. The zero-order chi connectivity index (χ0) is 39.8. The Hall–Kier alpha value is -5.17. The van der Waals surface area contributed by atoms with Crippen molar-refractivity contribution in [1.29, 1.82) is 0 Å². The van der Waals surface area contributed by atoms with Gasteiger partial charge >= 0.3 is 6.09 Å². The molecule has 5 rings (SSSR count). The van der Waals surface area contributed by atoms with Gasteiger partial charge in [-0.3, -0.25) is 19.5 Å². The summed E-state index contributed by atoms with van der Waals surface area (Å²) in [6, 6.07) is 6.44. The summed E-state index contributed by atoms with van der Waals surface area (Å²) in [6.07, 6.45) is 15.1. The monoisotopic (exact) mass is 762 g/mol. The highest BCUT2D eigenvalue weighted by atomic mass is 32.1. The van der Waals surface area contributed by atoms with E-state index in [-0.39, 0.29) is 36.7 Å². The number of anilines is 1. The van der Waals surface area contributed by atoms with Crippen LogP contribution >= 0.6 is 12.9 Å². The molecule has 0 radical (unpaired) electrons. The van der Waals surface area contributed by atoms with Crippen LogP contribution in [0.1, 0.15) is 76.7 Å². The van der Waals surface area contributed by atoms with E-state index < -0.39 is 6.09 Å². The molecule has 0 fully saturated rings. The van der Waals surface area contributed by atoms with Gasteiger partial charge in [0.2, 0.25) is 6.41 Å². The summed E-state index contributed by atoms with van der Waals surface area (Å²) in [5.41, 5.74) is 4.26. The maximum absolute atomic E-state index is 13.7. The predicted octanol–water partition coefficient (Wildman–Crippen LogP) is 8.78. The minimum atomic E-state index is -0.705. The largest absolute Gasteiger partial charge is 0.493 e. The molecule has 292 valence electrons. The normalized spacial score (nSPS) is 17.5. The van der Waals surface area contributed by atoms with E-state index in [1.807, 2.05) is 97.3 Å². The molecule has 2 atom stereocenters. The number of benzene rings is 2. The first-order chi connectivity index (χ1) is 26.2. The van der Waals surface area contributed by atoms with Gasteiger partial charge in [-0.1, -0.05) is 52.0 Å². The number of ether oxygens (including phenoxy) is 4. The van der Waals surface area contributed by atoms with E-state index in [2.05, 4.69) is 12.9 Å². The quantitative estimate of drug-likeness (QED) is 0.0708. The van der Waals surface area contributed by atoms with Crippen molar-refractivity contribution >= 4 is 48.9 Å². The van der Waals surface area contributed by atoms with Gasteiger partial charge in [0.05, 0.1) is 63.0 Å². The lowest BCUT2D eigenvalue weighted by molar-refractivity contribution is -0.116. The molecule has 0 saturated carbocycles. The third kappa shape index (κ3) is 10.3. The molecule has 0 saturated heterocycles. The summed E-state index contributed by atoms with van der Waals surface area (Å²) < 4.78 is 28.2. The molecule has 0 spiro atoms. The van der Waals surface area contributed by atoms with Gasteiger partial charge in [-0.25, -0.2) is 4.79 Å². The topological polar surface area (TPSA) is 119 Å². The van der Waals surface area contributed by atoms with E-state index in [1.54, 1.807) is 35.3 Å². The molecule has 12 nitrogen and oxygen atoms in total. The van der Waals surface area contributed by atoms with Crippen molar-refractivity contribution in [3.8, 4) is 23.0 Å². The minimum absolute atomic E-state index is 0.175. The lowest BCUT2D eigenvalue weighted by Gasteiger charge is -2.25. The summed E-state index contributed by atoms with van der Waals surface area (Å²) in [5, 5.41) is 0. The zero-order valence-electron chi connectivity index (χ0n) is 32.8. The molecule has 2 aromatic carbocycles. The Kier molecular flexibility index (Phi) is 17.2. The Morgan fingerprint density at radius 3 is 2.09 bits per heavy atom. The smallest absolute Gasteiger partial charge is 0.426 e. The SMILES string of the molecule is C/C=C/C1=CN(C=O)C(C=Nc2cc(OCCCOc3cc4c(cc3OC)C(=O)N3C=C(/C=C/C)CC3CN4C(=O)OS)c(OC)cc2C)C1.CC.CC. The Bertz CT molecular complexity index is 1770. The van der Waals surface area contributed by atoms with Gasteiger partial charge in [0.1, 0.15) is 0 Å². The second kappa shape index (κ2) is 21.5. The van der Waals surface area contributed by atoms with Gasteiger partial charge in [-0.2, -0.15) is 0 Å². The number of hydrogen-bond acceptors (Lipinski definition) is 10. The molecule has 0 aliphatic carbocycles. The van der Waals surface area contributed by atoms with Crippen LogP contribution in [0.4, 0.5) is 16.2 Å². The Balaban J connectivity index is 0.00000190. The summed E-state index contributed by atoms with van der Waals surface area (Å²) in [7, 11) is 3.07. The Labute approximate surface area is 325 Å². The van der Waals surface area contributed by atoms with Crippen LogP contribution in [0.3, 0.4) is 0 Å². The lowest BCUT2D eigenvalue weighted by atomic mass is 10.1. The zero-order valence-corrected chi connectivity index (χ0v) is 33.7. The van der Waals surface area contributed by atoms with Crippen molar-refractivity contribution in [1.82, 2.24) is 9.80 Å². The number of hydrogen-bond donors (Lipinski definition) is 1. The molecule has 2 unspecified atom stereocenters. The third-order valence-electron chi connectivity index (χ3n) is 8.60. The number of aliphatic imine (C=N–C) groups is 1. The fraction of sp³-hybridized carbons (Fsp3) is 0.415. The van der Waals surface area contributed by atoms with Crippen LogP contribution in [0.5, 0.6) is 23.0 Å². The molecule has 3 aliphatic heterocycles. The average molecular weight is 763 g/mol. The first kappa shape index (κ1) is 43.2. The predicted molar refractivity (Wildman–Crippen MR) is 217 cm³/mol. The summed E-state index contributed by atoms with van der Waals surface area (Å²) >= 11 is 3.75. The van der Waals surface area contributed by atoms with Gasteiger partial charge in [0, 0.05) is 50.1 Å². The number of rotatable bonds is 13. The van der Waals surface area contributed by atoms with Gasteiger partial charge in [0.25, 0.3) is 5.91 Å². The molecule has 3 aliphatic rings. The number of aryl methyl sites for hydroxylation is 1. The molecular weight excluding hydrogens is 709 g/mol. The fourth-order valence-corrected chi connectivity index (χ4v) is 6.30. The number of allylic oxidation sites excluding steroid dienone is 4. The van der Waals surface area contributed by atoms with E-state index in [1.165, 1.54) is 12.0 Å². The van der Waals surface area contributed by atoms with Crippen molar-refractivity contribution in [2.75, 3.05) is 38.9 Å². The molecule has 0 bridgehead atoms.